The molecule has 1 unspecified atom stereocenters. The normalized spacial score (nSPS) is 34.5. The van der Waals surface area contributed by atoms with Crippen molar-refractivity contribution in [2.45, 2.75) is 83.6 Å². The van der Waals surface area contributed by atoms with E-state index in [0.29, 0.717) is 34.6 Å². The molecule has 1 aromatic rings. The van der Waals surface area contributed by atoms with Crippen molar-refractivity contribution in [1.82, 2.24) is 9.88 Å². The van der Waals surface area contributed by atoms with Gasteiger partial charge < -0.3 is 14.5 Å². The van der Waals surface area contributed by atoms with Crippen LogP contribution in [0.2, 0.25) is 0 Å². The Bertz CT molecular complexity index is 1420. The average molecular weight is 477 g/mol. The third kappa shape index (κ3) is 4.96. The first-order valence-corrected chi connectivity index (χ1v) is 10.3. The Morgan fingerprint density at radius 2 is 2.18 bits per heavy atom. The molecule has 1 atom stereocenters. The number of nitrogens with zero attached hydrogens (tertiary/aromatic N) is 4. The van der Waals surface area contributed by atoms with Gasteiger partial charge in [0.1, 0.15) is 18.3 Å². The largest absolute Gasteiger partial charge is 0.397 e. The number of hydrogen-bond donors (Lipinski definition) is 0. The van der Waals surface area contributed by atoms with Gasteiger partial charge in [0, 0.05) is 47.0 Å². The lowest BCUT2D eigenvalue weighted by Crippen LogP contribution is -2.58. The molecule has 1 amide bonds. The monoisotopic (exact) mass is 476 g/mol. The van der Waals surface area contributed by atoms with Crippen molar-refractivity contribution in [2.24, 2.45) is 5.89 Å². The summed E-state index contributed by atoms with van der Waals surface area (Å²) in [7, 11) is 0. The van der Waals surface area contributed by atoms with Crippen LogP contribution in [-0.4, -0.2) is 53.1 Å². The number of halogens is 3. The molecule has 9 heteroatoms. The quantitative estimate of drug-likeness (QED) is 0.648. The minimum atomic E-state index is -5.37. The van der Waals surface area contributed by atoms with Crippen LogP contribution in [0.5, 0.6) is 0 Å². The van der Waals surface area contributed by atoms with E-state index in [-0.39, 0.29) is 24.5 Å². The second kappa shape index (κ2) is 8.46. The lowest BCUT2D eigenvalue weighted by Gasteiger charge is -2.44. The third-order valence-electron chi connectivity index (χ3n) is 5.66. The highest BCUT2D eigenvalue weighted by molar-refractivity contribution is 5.77. The summed E-state index contributed by atoms with van der Waals surface area (Å²) in [6.07, 6.45) is -6.53. The summed E-state index contributed by atoms with van der Waals surface area (Å²) >= 11 is 0. The van der Waals surface area contributed by atoms with E-state index in [2.05, 4.69) is 4.98 Å². The van der Waals surface area contributed by atoms with Gasteiger partial charge in [-0.3, -0.25) is 4.79 Å². The highest BCUT2D eigenvalue weighted by Crippen LogP contribution is 2.46. The smallest absolute Gasteiger partial charge is 0.370 e. The molecule has 33 heavy (non-hydrogen) atoms. The molecular weight excluding hydrogens is 433 g/mol. The van der Waals surface area contributed by atoms with Crippen molar-refractivity contribution < 1.29 is 39.2 Å². The first-order valence-electron chi connectivity index (χ1n) is 16.3. The molecule has 1 aliphatic carbocycles. The van der Waals surface area contributed by atoms with Crippen LogP contribution in [0.1, 0.15) is 91.6 Å². The van der Waals surface area contributed by atoms with Crippen molar-refractivity contribution >= 4 is 11.7 Å². The molecule has 0 spiro atoms. The van der Waals surface area contributed by atoms with E-state index in [1.165, 1.54) is 0 Å². The van der Waals surface area contributed by atoms with Gasteiger partial charge in [-0.05, 0) is 38.1 Å². The zero-order chi connectivity index (χ0) is 34.6. The van der Waals surface area contributed by atoms with E-state index in [1.807, 2.05) is 6.07 Å². The van der Waals surface area contributed by atoms with Crippen molar-refractivity contribution in [1.29, 1.82) is 5.26 Å². The lowest BCUT2D eigenvalue weighted by molar-refractivity contribution is -0.164. The Hall–Kier alpha value is -2.34. The number of aromatic nitrogens is 1. The van der Waals surface area contributed by atoms with Gasteiger partial charge in [-0.2, -0.15) is 18.4 Å². The van der Waals surface area contributed by atoms with E-state index in [1.54, 1.807) is 13.8 Å². The molecule has 1 saturated carbocycles. The predicted octanol–water partition coefficient (Wildman–Crippen LogP) is 4.31. The minimum Gasteiger partial charge on any atom is -0.370 e. The molecule has 0 N–H and O–H groups in total. The average Bonchev–Trinajstić information content (AvgIpc) is 3.67. The highest BCUT2D eigenvalue weighted by Gasteiger charge is 2.41. The highest BCUT2D eigenvalue weighted by atomic mass is 19.4. The van der Waals surface area contributed by atoms with Crippen LogP contribution in [-0.2, 0) is 22.6 Å². The molecule has 0 bridgehead atoms. The van der Waals surface area contributed by atoms with Gasteiger partial charge in [0.2, 0.25) is 5.91 Å². The van der Waals surface area contributed by atoms with E-state index < -0.39 is 80.0 Å². The molecule has 6 nitrogen and oxygen atoms in total. The molecule has 4 rings (SSSR count). The summed E-state index contributed by atoms with van der Waals surface area (Å²) in [5, 5.41) is 10.3. The summed E-state index contributed by atoms with van der Waals surface area (Å²) in [6, 6.07) is -2.53. The van der Waals surface area contributed by atoms with Gasteiger partial charge in [0.05, 0.1) is 36.3 Å². The first kappa shape index (κ1) is 12.9. The first-order chi connectivity index (χ1) is 20.1. The van der Waals surface area contributed by atoms with Gasteiger partial charge in [-0.25, -0.2) is 4.98 Å². The molecule has 180 valence electrons. The summed E-state index contributed by atoms with van der Waals surface area (Å²) in [4.78, 5) is 17.2. The van der Waals surface area contributed by atoms with Crippen LogP contribution >= 0.6 is 0 Å². The summed E-state index contributed by atoms with van der Waals surface area (Å²) in [6.45, 7) is -13.9. The number of anilines is 1. The van der Waals surface area contributed by atoms with Crippen molar-refractivity contribution in [3.05, 3.63) is 22.4 Å². The molecule has 0 radical (unpaired) electrons. The molecular formula is C24H31F3N4O2. The topological polar surface area (TPSA) is 69.5 Å². The number of nitriles is 1. The van der Waals surface area contributed by atoms with Gasteiger partial charge >= 0.3 is 6.18 Å². The Morgan fingerprint density at radius 1 is 1.45 bits per heavy atom. The summed E-state index contributed by atoms with van der Waals surface area (Å²) in [5.41, 5.74) is 0.0393. The van der Waals surface area contributed by atoms with Gasteiger partial charge in [-0.15, -0.1) is 0 Å². The zero-order valence-corrected chi connectivity index (χ0v) is 18.1. The van der Waals surface area contributed by atoms with Crippen LogP contribution in [0.25, 0.3) is 0 Å². The number of ether oxygens (including phenoxy) is 1. The SMILES string of the molecule is [2H]C1([2H])CN(c2nc(C3CC3)c3c(c2C#N)CC(C)(C)OC3)C([2H])([2H])C([2H])(C([2H])(C([2H])([2H])[2H])C([2H])([2H])[2H])N1C(=O)CC(F)(F)F. The number of alkyl halides is 3. The Morgan fingerprint density at radius 3 is 2.79 bits per heavy atom. The van der Waals surface area contributed by atoms with E-state index in [9.17, 15) is 24.6 Å². The number of fused-ring (bicyclic) bond motifs is 1. The second-order valence-corrected chi connectivity index (χ2v) is 8.86. The van der Waals surface area contributed by atoms with Crippen molar-refractivity contribution in [3.8, 4) is 6.07 Å². The Balaban J connectivity index is 2.11. The second-order valence-electron chi connectivity index (χ2n) is 8.86. The predicted molar refractivity (Wildman–Crippen MR) is 117 cm³/mol. The third-order valence-corrected chi connectivity index (χ3v) is 5.66. The van der Waals surface area contributed by atoms with Crippen LogP contribution < -0.4 is 4.90 Å². The van der Waals surface area contributed by atoms with Gasteiger partial charge in [0.25, 0.3) is 0 Å². The van der Waals surface area contributed by atoms with Crippen molar-refractivity contribution in [3.63, 3.8) is 0 Å². The fourth-order valence-corrected chi connectivity index (χ4v) is 3.98. The Labute approximate surface area is 209 Å². The van der Waals surface area contributed by atoms with Crippen LogP contribution in [0.15, 0.2) is 0 Å². The Kier molecular flexibility index (Phi) is 3.32. The van der Waals surface area contributed by atoms with E-state index in [4.69, 9.17) is 19.8 Å². The number of carbonyl (C=O) groups is 1. The van der Waals surface area contributed by atoms with Gasteiger partial charge in [-0.1, -0.05) is 13.7 Å². The van der Waals surface area contributed by atoms with Crippen LogP contribution in [0, 0.1) is 17.2 Å². The lowest BCUT2D eigenvalue weighted by atomic mass is 9.87. The molecule has 2 aliphatic heterocycles. The number of carbonyl (C=O) groups excluding carboxylic acids is 1. The summed E-state index contributed by atoms with van der Waals surface area (Å²) < 4.78 is 147. The van der Waals surface area contributed by atoms with Crippen molar-refractivity contribution in [2.75, 3.05) is 24.4 Å². The fourth-order valence-electron chi connectivity index (χ4n) is 3.98. The maximum Gasteiger partial charge on any atom is 0.397 e. The fraction of sp³-hybridized carbons (Fsp3) is 0.708. The summed E-state index contributed by atoms with van der Waals surface area (Å²) in [5.74, 6) is -7.61. The number of hydrogen-bond acceptors (Lipinski definition) is 5. The number of pyridine rings is 1. The standard InChI is InChI=1S/C24H31F3N4O2/c1-14(2)19-12-30(7-8-31(19)20(32)10-24(25,26)27)22-17(11-28)16-9-23(3,4)33-13-18(16)21(29-22)15-5-6-15/h14-15,19H,5-10,12-13H2,1-4H3/i1D3,2D3,8D2,12D2,14D,19D. The van der Waals surface area contributed by atoms with Gasteiger partial charge in [0.15, 0.2) is 0 Å². The minimum absolute atomic E-state index is 0.0138. The van der Waals surface area contributed by atoms with E-state index in [0.717, 1.165) is 0 Å². The van der Waals surface area contributed by atoms with Crippen LogP contribution in [0.3, 0.4) is 0 Å². The molecule has 3 aliphatic rings. The maximum absolute atomic E-state index is 13.5. The molecule has 2 fully saturated rings. The van der Waals surface area contributed by atoms with E-state index >= 15 is 0 Å². The van der Waals surface area contributed by atoms with Crippen LogP contribution in [0.4, 0.5) is 19.0 Å². The molecule has 3 heterocycles. The maximum atomic E-state index is 13.5. The molecule has 1 saturated heterocycles. The number of amides is 1. The molecule has 1 aromatic heterocycles. The zero-order valence-electron chi connectivity index (χ0n) is 30.1. The molecule has 0 aromatic carbocycles. The number of piperazine rings is 1. The number of rotatable bonds is 4.